The molecular formula is C25H27BrN4O7. The average Bonchev–Trinajstić information content (AvgIpc) is 2.85. The van der Waals surface area contributed by atoms with E-state index in [1.165, 1.54) is 30.1 Å². The Morgan fingerprint density at radius 2 is 2.00 bits per heavy atom. The van der Waals surface area contributed by atoms with Crippen LogP contribution in [0, 0.1) is 10.1 Å². The molecular weight excluding hydrogens is 548 g/mol. The van der Waals surface area contributed by atoms with E-state index in [2.05, 4.69) is 26.0 Å². The predicted molar refractivity (Wildman–Crippen MR) is 142 cm³/mol. The summed E-state index contributed by atoms with van der Waals surface area (Å²) in [5.74, 6) is -0.501. The summed E-state index contributed by atoms with van der Waals surface area (Å²) in [5, 5.41) is 16.5. The Hall–Kier alpha value is -3.80. The standard InChI is InChI=1S/C25H27BrN4O7/c1-6-15(4)24-28-19-8-7-17(26)11-18(19)25(32)29(24)27-12-16-9-20(30(33)34)23(21(10-16)35-5)36-13-22(31)37-14(2)3/h7-12,14-15H,6,13H2,1-5H3/t15-/m1/s1. The Kier molecular flexibility index (Phi) is 8.98. The molecule has 0 saturated carbocycles. The van der Waals surface area contributed by atoms with Crippen molar-refractivity contribution in [2.75, 3.05) is 13.7 Å². The molecule has 11 nitrogen and oxygen atoms in total. The zero-order chi connectivity index (χ0) is 27.3. The predicted octanol–water partition coefficient (Wildman–Crippen LogP) is 4.80. The molecule has 196 valence electrons. The first-order valence-electron chi connectivity index (χ1n) is 11.5. The number of ether oxygens (including phenoxy) is 3. The summed E-state index contributed by atoms with van der Waals surface area (Å²) in [6.07, 6.45) is 1.67. The fraction of sp³-hybridized carbons (Fsp3) is 0.360. The lowest BCUT2D eigenvalue weighted by molar-refractivity contribution is -0.385. The number of aromatic nitrogens is 2. The molecule has 37 heavy (non-hydrogen) atoms. The summed E-state index contributed by atoms with van der Waals surface area (Å²) in [4.78, 5) is 41.0. The van der Waals surface area contributed by atoms with Gasteiger partial charge in [-0.3, -0.25) is 14.9 Å². The third-order valence-corrected chi connectivity index (χ3v) is 5.88. The van der Waals surface area contributed by atoms with Gasteiger partial charge in [-0.25, -0.2) is 9.78 Å². The summed E-state index contributed by atoms with van der Waals surface area (Å²) in [7, 11) is 1.32. The van der Waals surface area contributed by atoms with Crippen LogP contribution >= 0.6 is 15.9 Å². The molecule has 0 unspecified atom stereocenters. The van der Waals surface area contributed by atoms with Gasteiger partial charge in [-0.05, 0) is 44.5 Å². The quantitative estimate of drug-likeness (QED) is 0.146. The van der Waals surface area contributed by atoms with Gasteiger partial charge in [0.2, 0.25) is 5.75 Å². The highest BCUT2D eigenvalue weighted by molar-refractivity contribution is 9.10. The monoisotopic (exact) mass is 574 g/mol. The molecule has 1 aromatic heterocycles. The first-order valence-corrected chi connectivity index (χ1v) is 12.3. The fourth-order valence-electron chi connectivity index (χ4n) is 3.45. The molecule has 3 rings (SSSR count). The minimum atomic E-state index is -0.677. The number of fused-ring (bicyclic) bond motifs is 1. The molecule has 0 aliphatic heterocycles. The van der Waals surface area contributed by atoms with Crippen molar-refractivity contribution in [3.8, 4) is 11.5 Å². The number of carbonyl (C=O) groups excluding carboxylic acids is 1. The maximum absolute atomic E-state index is 13.3. The van der Waals surface area contributed by atoms with Crippen LogP contribution in [0.1, 0.15) is 51.4 Å². The Balaban J connectivity index is 2.08. The number of benzene rings is 2. The van der Waals surface area contributed by atoms with E-state index in [0.29, 0.717) is 23.1 Å². The van der Waals surface area contributed by atoms with Crippen LogP contribution in [0.5, 0.6) is 11.5 Å². The third-order valence-electron chi connectivity index (χ3n) is 5.38. The number of methoxy groups -OCH3 is 1. The second kappa shape index (κ2) is 12.0. The Morgan fingerprint density at radius 1 is 1.27 bits per heavy atom. The summed E-state index contributed by atoms with van der Waals surface area (Å²) < 4.78 is 17.6. The van der Waals surface area contributed by atoms with E-state index >= 15 is 0 Å². The van der Waals surface area contributed by atoms with E-state index in [1.54, 1.807) is 32.0 Å². The van der Waals surface area contributed by atoms with Crippen molar-refractivity contribution in [3.63, 3.8) is 0 Å². The fourth-order valence-corrected chi connectivity index (χ4v) is 3.81. The van der Waals surface area contributed by atoms with Crippen molar-refractivity contribution in [2.24, 2.45) is 5.10 Å². The SMILES string of the molecule is CC[C@@H](C)c1nc2ccc(Br)cc2c(=O)n1N=Cc1cc(OC)c(OCC(=O)OC(C)C)c([N+](=O)[O-])c1. The van der Waals surface area contributed by atoms with E-state index in [1.807, 2.05) is 13.8 Å². The van der Waals surface area contributed by atoms with Crippen LogP contribution in [0.4, 0.5) is 5.69 Å². The summed E-state index contributed by atoms with van der Waals surface area (Å²) in [6, 6.07) is 7.90. The molecule has 3 aromatic rings. The topological polar surface area (TPSA) is 135 Å². The van der Waals surface area contributed by atoms with E-state index in [-0.39, 0.29) is 34.6 Å². The van der Waals surface area contributed by atoms with Gasteiger partial charge in [0.05, 0.1) is 35.3 Å². The molecule has 1 heterocycles. The van der Waals surface area contributed by atoms with Crippen molar-refractivity contribution in [1.29, 1.82) is 0 Å². The van der Waals surface area contributed by atoms with Gasteiger partial charge in [0.15, 0.2) is 12.4 Å². The van der Waals surface area contributed by atoms with Gasteiger partial charge in [0.1, 0.15) is 5.82 Å². The molecule has 0 fully saturated rings. The minimum Gasteiger partial charge on any atom is -0.493 e. The van der Waals surface area contributed by atoms with Crippen LogP contribution in [0.25, 0.3) is 10.9 Å². The van der Waals surface area contributed by atoms with Gasteiger partial charge in [0, 0.05) is 22.0 Å². The van der Waals surface area contributed by atoms with Crippen molar-refractivity contribution in [2.45, 2.75) is 46.1 Å². The summed E-state index contributed by atoms with van der Waals surface area (Å²) >= 11 is 3.37. The van der Waals surface area contributed by atoms with E-state index in [0.717, 1.165) is 4.47 Å². The average molecular weight is 575 g/mol. The largest absolute Gasteiger partial charge is 0.493 e. The second-order valence-corrected chi connectivity index (χ2v) is 9.37. The lowest BCUT2D eigenvalue weighted by atomic mass is 10.1. The van der Waals surface area contributed by atoms with Crippen LogP contribution in [0.2, 0.25) is 0 Å². The molecule has 0 bridgehead atoms. The minimum absolute atomic E-state index is 0.0167. The number of nitro benzene ring substituents is 1. The second-order valence-electron chi connectivity index (χ2n) is 8.46. The van der Waals surface area contributed by atoms with Gasteiger partial charge in [-0.1, -0.05) is 29.8 Å². The zero-order valence-corrected chi connectivity index (χ0v) is 22.6. The third kappa shape index (κ3) is 6.50. The lowest BCUT2D eigenvalue weighted by Gasteiger charge is -2.14. The van der Waals surface area contributed by atoms with E-state index in [9.17, 15) is 19.7 Å². The van der Waals surface area contributed by atoms with Gasteiger partial charge >= 0.3 is 11.7 Å². The number of halogens is 1. The molecule has 12 heteroatoms. The Bertz CT molecular complexity index is 1420. The van der Waals surface area contributed by atoms with Crippen molar-refractivity contribution >= 4 is 44.7 Å². The molecule has 0 saturated heterocycles. The smallest absolute Gasteiger partial charge is 0.344 e. The molecule has 0 spiro atoms. The normalized spacial score (nSPS) is 12.2. The van der Waals surface area contributed by atoms with Gasteiger partial charge in [0.25, 0.3) is 5.56 Å². The van der Waals surface area contributed by atoms with Gasteiger partial charge < -0.3 is 14.2 Å². The highest BCUT2D eigenvalue weighted by atomic mass is 79.9. The van der Waals surface area contributed by atoms with Crippen molar-refractivity contribution in [1.82, 2.24) is 9.66 Å². The number of nitro groups is 1. The van der Waals surface area contributed by atoms with Crippen LogP contribution in [0.3, 0.4) is 0 Å². The highest BCUT2D eigenvalue weighted by Gasteiger charge is 2.24. The van der Waals surface area contributed by atoms with Gasteiger partial charge in [-0.2, -0.15) is 9.78 Å². The maximum atomic E-state index is 13.3. The highest BCUT2D eigenvalue weighted by Crippen LogP contribution is 2.38. The molecule has 0 aliphatic rings. The van der Waals surface area contributed by atoms with Crippen LogP contribution < -0.4 is 15.0 Å². The van der Waals surface area contributed by atoms with Crippen LogP contribution in [-0.4, -0.2) is 46.6 Å². The number of hydrogen-bond acceptors (Lipinski definition) is 9. The molecule has 0 aliphatic carbocycles. The molecule has 0 amide bonds. The number of carbonyl (C=O) groups is 1. The van der Waals surface area contributed by atoms with Gasteiger partial charge in [-0.15, -0.1) is 0 Å². The van der Waals surface area contributed by atoms with Crippen molar-refractivity contribution in [3.05, 3.63) is 66.7 Å². The Labute approximate surface area is 221 Å². The zero-order valence-electron chi connectivity index (χ0n) is 21.1. The molecule has 0 N–H and O–H groups in total. The maximum Gasteiger partial charge on any atom is 0.344 e. The number of rotatable bonds is 10. The van der Waals surface area contributed by atoms with Crippen LogP contribution in [-0.2, 0) is 9.53 Å². The van der Waals surface area contributed by atoms with Crippen molar-refractivity contribution < 1.29 is 23.9 Å². The molecule has 2 aromatic carbocycles. The summed E-state index contributed by atoms with van der Waals surface area (Å²) in [5.41, 5.74) is 0.0119. The first kappa shape index (κ1) is 27.8. The number of nitrogens with zero attached hydrogens (tertiary/aromatic N) is 4. The molecule has 1 atom stereocenters. The lowest BCUT2D eigenvalue weighted by Crippen LogP contribution is -2.23. The Morgan fingerprint density at radius 3 is 2.62 bits per heavy atom. The number of esters is 1. The first-order chi connectivity index (χ1) is 17.5. The summed E-state index contributed by atoms with van der Waals surface area (Å²) in [6.45, 7) is 6.73. The molecule has 0 radical (unpaired) electrons. The number of hydrogen-bond donors (Lipinski definition) is 0. The van der Waals surface area contributed by atoms with Crippen LogP contribution in [0.15, 0.2) is 44.7 Å². The van der Waals surface area contributed by atoms with E-state index in [4.69, 9.17) is 14.2 Å². The van der Waals surface area contributed by atoms with E-state index < -0.39 is 23.2 Å².